The normalized spacial score (nSPS) is 15.3. The number of aromatic nitrogens is 2. The van der Waals surface area contributed by atoms with Crippen LogP contribution in [0.2, 0.25) is 0 Å². The van der Waals surface area contributed by atoms with Gasteiger partial charge in [-0.25, -0.2) is 9.97 Å². The molecule has 0 fully saturated rings. The highest BCUT2D eigenvalue weighted by Crippen LogP contribution is 2.24. The van der Waals surface area contributed by atoms with Crippen molar-refractivity contribution in [2.24, 2.45) is 0 Å². The van der Waals surface area contributed by atoms with Crippen molar-refractivity contribution in [1.29, 1.82) is 0 Å². The summed E-state index contributed by atoms with van der Waals surface area (Å²) < 4.78 is 0. The van der Waals surface area contributed by atoms with Crippen LogP contribution < -0.4 is 10.6 Å². The Bertz CT molecular complexity index is 668. The number of hydrogen-bond donors (Lipinski definition) is 2. The molecule has 122 valence electrons. The number of hydrogen-bond acceptors (Lipinski definition) is 5. The van der Waals surface area contributed by atoms with Crippen LogP contribution in [0.5, 0.6) is 0 Å². The van der Waals surface area contributed by atoms with E-state index in [-0.39, 0.29) is 0 Å². The SMILES string of the molecule is Cc1ccccc1[C@@H](CNc1ncnc2c1CCNC2)N(C)C. The van der Waals surface area contributed by atoms with Gasteiger partial charge in [0.15, 0.2) is 0 Å². The van der Waals surface area contributed by atoms with Crippen molar-refractivity contribution < 1.29 is 0 Å². The van der Waals surface area contributed by atoms with Crippen LogP contribution in [-0.2, 0) is 13.0 Å². The molecule has 0 unspecified atom stereocenters. The molecule has 1 atom stereocenters. The van der Waals surface area contributed by atoms with Crippen LogP contribution in [0.25, 0.3) is 0 Å². The molecule has 2 aromatic rings. The quantitative estimate of drug-likeness (QED) is 0.886. The molecule has 0 bridgehead atoms. The van der Waals surface area contributed by atoms with Crippen molar-refractivity contribution in [2.75, 3.05) is 32.5 Å². The Labute approximate surface area is 138 Å². The summed E-state index contributed by atoms with van der Waals surface area (Å²) in [6.07, 6.45) is 2.64. The van der Waals surface area contributed by atoms with E-state index in [2.05, 4.69) is 70.8 Å². The maximum Gasteiger partial charge on any atom is 0.133 e. The van der Waals surface area contributed by atoms with E-state index in [0.717, 1.165) is 37.6 Å². The molecule has 0 saturated carbocycles. The summed E-state index contributed by atoms with van der Waals surface area (Å²) in [5.41, 5.74) is 5.05. The fourth-order valence-electron chi connectivity index (χ4n) is 3.16. The van der Waals surface area contributed by atoms with Crippen molar-refractivity contribution in [1.82, 2.24) is 20.2 Å². The number of nitrogens with zero attached hydrogens (tertiary/aromatic N) is 3. The highest BCUT2D eigenvalue weighted by molar-refractivity contribution is 5.47. The third kappa shape index (κ3) is 3.51. The molecule has 1 aromatic heterocycles. The predicted molar refractivity (Wildman–Crippen MR) is 93.5 cm³/mol. The van der Waals surface area contributed by atoms with Crippen LogP contribution in [0.3, 0.4) is 0 Å². The number of anilines is 1. The number of aryl methyl sites for hydroxylation is 1. The molecule has 0 spiro atoms. The van der Waals surface area contributed by atoms with Crippen LogP contribution in [0.15, 0.2) is 30.6 Å². The number of fused-ring (bicyclic) bond motifs is 1. The summed E-state index contributed by atoms with van der Waals surface area (Å²) in [7, 11) is 4.25. The van der Waals surface area contributed by atoms with Gasteiger partial charge in [0, 0.05) is 18.7 Å². The van der Waals surface area contributed by atoms with E-state index < -0.39 is 0 Å². The molecule has 1 aliphatic heterocycles. The van der Waals surface area contributed by atoms with E-state index in [9.17, 15) is 0 Å². The molecule has 0 saturated heterocycles. The number of benzene rings is 1. The lowest BCUT2D eigenvalue weighted by molar-refractivity contribution is 0.310. The number of nitrogens with one attached hydrogen (secondary N) is 2. The number of rotatable bonds is 5. The molecular weight excluding hydrogens is 286 g/mol. The van der Waals surface area contributed by atoms with Crippen molar-refractivity contribution in [2.45, 2.75) is 25.9 Å². The van der Waals surface area contributed by atoms with Gasteiger partial charge in [-0.05, 0) is 45.1 Å². The van der Waals surface area contributed by atoms with Crippen molar-refractivity contribution in [3.63, 3.8) is 0 Å². The topological polar surface area (TPSA) is 53.1 Å². The lowest BCUT2D eigenvalue weighted by Crippen LogP contribution is -2.30. The first-order valence-electron chi connectivity index (χ1n) is 8.16. The molecule has 0 amide bonds. The number of likely N-dealkylation sites (N-methyl/N-ethyl adjacent to an activating group) is 1. The second kappa shape index (κ2) is 7.06. The average Bonchev–Trinajstić information content (AvgIpc) is 2.56. The molecule has 2 N–H and O–H groups in total. The minimum atomic E-state index is 0.309. The molecule has 5 nitrogen and oxygen atoms in total. The summed E-state index contributed by atoms with van der Waals surface area (Å²) in [4.78, 5) is 11.1. The fourth-order valence-corrected chi connectivity index (χ4v) is 3.16. The maximum atomic E-state index is 4.47. The van der Waals surface area contributed by atoms with Gasteiger partial charge in [-0.3, -0.25) is 0 Å². The fraction of sp³-hybridized carbons (Fsp3) is 0.444. The average molecular weight is 311 g/mol. The summed E-state index contributed by atoms with van der Waals surface area (Å²) >= 11 is 0. The summed E-state index contributed by atoms with van der Waals surface area (Å²) in [5.74, 6) is 0.983. The molecule has 1 aliphatic rings. The summed E-state index contributed by atoms with van der Waals surface area (Å²) in [6.45, 7) is 4.82. The van der Waals surface area contributed by atoms with E-state index in [4.69, 9.17) is 0 Å². The minimum Gasteiger partial charge on any atom is -0.368 e. The highest BCUT2D eigenvalue weighted by atomic mass is 15.1. The van der Waals surface area contributed by atoms with Crippen LogP contribution in [-0.4, -0.2) is 42.1 Å². The molecule has 1 aromatic carbocycles. The van der Waals surface area contributed by atoms with Gasteiger partial charge in [0.2, 0.25) is 0 Å². The van der Waals surface area contributed by atoms with Gasteiger partial charge in [-0.1, -0.05) is 24.3 Å². The largest absolute Gasteiger partial charge is 0.368 e. The minimum absolute atomic E-state index is 0.309. The highest BCUT2D eigenvalue weighted by Gasteiger charge is 2.19. The first kappa shape index (κ1) is 15.9. The first-order chi connectivity index (χ1) is 11.2. The van der Waals surface area contributed by atoms with Gasteiger partial charge >= 0.3 is 0 Å². The standard InChI is InChI=1S/C18H25N5/c1-13-6-4-5-7-14(13)17(23(2)3)11-20-18-15-8-9-19-10-16(15)21-12-22-18/h4-7,12,17,19H,8-11H2,1-3H3,(H,20,21,22)/t17-/m1/s1. The molecule has 2 heterocycles. The van der Waals surface area contributed by atoms with Crippen molar-refractivity contribution in [3.05, 3.63) is 53.0 Å². The van der Waals surface area contributed by atoms with Gasteiger partial charge in [0.05, 0.1) is 11.7 Å². The summed E-state index contributed by atoms with van der Waals surface area (Å²) in [5, 5.41) is 6.92. The Balaban J connectivity index is 1.79. The Morgan fingerprint density at radius 2 is 2.09 bits per heavy atom. The van der Waals surface area contributed by atoms with E-state index in [1.54, 1.807) is 6.33 Å². The Hall–Kier alpha value is -1.98. The monoisotopic (exact) mass is 311 g/mol. The first-order valence-corrected chi connectivity index (χ1v) is 8.16. The van der Waals surface area contributed by atoms with Crippen molar-refractivity contribution >= 4 is 5.82 Å². The summed E-state index contributed by atoms with van der Waals surface area (Å²) in [6, 6.07) is 8.89. The molecule has 3 rings (SSSR count). The van der Waals surface area contributed by atoms with E-state index in [0.29, 0.717) is 6.04 Å². The van der Waals surface area contributed by atoms with Crippen LogP contribution in [0, 0.1) is 6.92 Å². The lowest BCUT2D eigenvalue weighted by Gasteiger charge is -2.27. The van der Waals surface area contributed by atoms with Gasteiger partial charge < -0.3 is 15.5 Å². The maximum absolute atomic E-state index is 4.47. The second-order valence-electron chi connectivity index (χ2n) is 6.29. The third-order valence-electron chi connectivity index (χ3n) is 4.51. The lowest BCUT2D eigenvalue weighted by atomic mass is 10.00. The zero-order valence-electron chi connectivity index (χ0n) is 14.1. The van der Waals surface area contributed by atoms with E-state index in [1.165, 1.54) is 16.7 Å². The molecule has 0 radical (unpaired) electrons. The van der Waals surface area contributed by atoms with E-state index >= 15 is 0 Å². The Morgan fingerprint density at radius 3 is 2.87 bits per heavy atom. The third-order valence-corrected chi connectivity index (χ3v) is 4.51. The zero-order valence-corrected chi connectivity index (χ0v) is 14.1. The van der Waals surface area contributed by atoms with Crippen LogP contribution in [0.1, 0.15) is 28.4 Å². The molecular formula is C18H25N5. The van der Waals surface area contributed by atoms with E-state index in [1.807, 2.05) is 0 Å². The second-order valence-corrected chi connectivity index (χ2v) is 6.29. The molecule has 23 heavy (non-hydrogen) atoms. The van der Waals surface area contributed by atoms with Gasteiger partial charge in [0.25, 0.3) is 0 Å². The predicted octanol–water partition coefficient (Wildman–Crippen LogP) is 2.15. The molecule has 0 aliphatic carbocycles. The van der Waals surface area contributed by atoms with Crippen LogP contribution in [0.4, 0.5) is 5.82 Å². The van der Waals surface area contributed by atoms with Crippen molar-refractivity contribution in [3.8, 4) is 0 Å². The van der Waals surface area contributed by atoms with Crippen LogP contribution >= 0.6 is 0 Å². The van der Waals surface area contributed by atoms with Gasteiger partial charge in [-0.15, -0.1) is 0 Å². The Morgan fingerprint density at radius 1 is 1.26 bits per heavy atom. The smallest absolute Gasteiger partial charge is 0.133 e. The Kier molecular flexibility index (Phi) is 4.88. The van der Waals surface area contributed by atoms with Gasteiger partial charge in [-0.2, -0.15) is 0 Å². The van der Waals surface area contributed by atoms with Gasteiger partial charge in [0.1, 0.15) is 12.1 Å². The zero-order chi connectivity index (χ0) is 16.2. The molecule has 5 heteroatoms.